The van der Waals surface area contributed by atoms with Gasteiger partial charge >= 0.3 is 0 Å². The van der Waals surface area contributed by atoms with E-state index in [0.717, 1.165) is 50.7 Å². The van der Waals surface area contributed by atoms with Gasteiger partial charge in [0, 0.05) is 18.6 Å². The highest BCUT2D eigenvalue weighted by Crippen LogP contribution is 2.33. The molecule has 4 heteroatoms. The van der Waals surface area contributed by atoms with E-state index >= 15 is 0 Å². The number of benzene rings is 1. The molecule has 1 aromatic rings. The zero-order valence-corrected chi connectivity index (χ0v) is 17.8. The summed E-state index contributed by atoms with van der Waals surface area (Å²) in [4.78, 5) is 12.1. The molecule has 3 N–H and O–H groups in total. The molecule has 0 aromatic heterocycles. The number of carbonyl (C=O) groups is 1. The van der Waals surface area contributed by atoms with Crippen molar-refractivity contribution in [2.24, 2.45) is 0 Å². The number of hydrogen-bond acceptors (Lipinski definition) is 4. The van der Waals surface area contributed by atoms with Crippen molar-refractivity contribution in [3.05, 3.63) is 78.5 Å². The van der Waals surface area contributed by atoms with Crippen LogP contribution >= 0.6 is 0 Å². The highest BCUT2D eigenvalue weighted by atomic mass is 16.3. The van der Waals surface area contributed by atoms with Crippen LogP contribution in [-0.4, -0.2) is 21.1 Å². The van der Waals surface area contributed by atoms with Crippen LogP contribution in [0.25, 0.3) is 0 Å². The van der Waals surface area contributed by atoms with Crippen molar-refractivity contribution in [2.45, 2.75) is 58.3 Å². The van der Waals surface area contributed by atoms with Crippen LogP contribution in [0, 0.1) is 0 Å². The van der Waals surface area contributed by atoms with Crippen LogP contribution in [-0.2, 0) is 0 Å². The fraction of sp³-hybridized carbons (Fsp3) is 0.346. The van der Waals surface area contributed by atoms with Crippen LogP contribution < -0.4 is 0 Å². The molecule has 0 radical (unpaired) electrons. The molecule has 1 aromatic carbocycles. The second-order valence-corrected chi connectivity index (χ2v) is 6.88. The summed E-state index contributed by atoms with van der Waals surface area (Å²) in [6.07, 6.45) is 27.8. The molecule has 0 aliphatic carbocycles. The summed E-state index contributed by atoms with van der Waals surface area (Å²) in [5, 5.41) is 28.7. The Hall–Kier alpha value is -3.01. The minimum Gasteiger partial charge on any atom is -0.508 e. The highest BCUT2D eigenvalue weighted by molar-refractivity contribution is 6.01. The zero-order valence-electron chi connectivity index (χ0n) is 17.8. The minimum atomic E-state index is -0.396. The maximum absolute atomic E-state index is 12.1. The number of phenols is 3. The van der Waals surface area contributed by atoms with Crippen molar-refractivity contribution >= 4 is 5.78 Å². The lowest BCUT2D eigenvalue weighted by Gasteiger charge is -2.06. The van der Waals surface area contributed by atoms with Gasteiger partial charge in [-0.15, -0.1) is 0 Å². The Morgan fingerprint density at radius 3 is 1.63 bits per heavy atom. The van der Waals surface area contributed by atoms with Crippen LogP contribution in [0.3, 0.4) is 0 Å². The molecule has 0 unspecified atom stereocenters. The standard InChI is InChI=1S/C26H34O4/c1-2-3-4-5-6-7-8-9-10-11-12-13-14-15-16-17-18-19-23(28)26-24(29)20-22(27)21-25(26)30/h3-4,6-7,9-10,12-13,15-16,20-21,27,29-30H,2,5,8,11,14,17-19H2,1H3. The van der Waals surface area contributed by atoms with Gasteiger partial charge in [0.1, 0.15) is 22.8 Å². The third-order valence-corrected chi connectivity index (χ3v) is 4.29. The lowest BCUT2D eigenvalue weighted by Crippen LogP contribution is -1.99. The third-order valence-electron chi connectivity index (χ3n) is 4.29. The quantitative estimate of drug-likeness (QED) is 0.177. The summed E-state index contributed by atoms with van der Waals surface area (Å²) < 4.78 is 0. The molecule has 0 fully saturated rings. The van der Waals surface area contributed by atoms with Gasteiger partial charge in [0.15, 0.2) is 5.78 Å². The molecule has 0 amide bonds. The smallest absolute Gasteiger partial charge is 0.170 e. The monoisotopic (exact) mass is 410 g/mol. The molecule has 0 aliphatic heterocycles. The molecule has 0 saturated heterocycles. The fourth-order valence-corrected chi connectivity index (χ4v) is 2.76. The Morgan fingerprint density at radius 1 is 0.733 bits per heavy atom. The van der Waals surface area contributed by atoms with Crippen LogP contribution in [0.5, 0.6) is 17.2 Å². The molecule has 0 heterocycles. The maximum atomic E-state index is 12.1. The molecule has 162 valence electrons. The number of Topliss-reactive ketones (excluding diaryl/α,β-unsaturated/α-hetero) is 1. The molecule has 0 aliphatic rings. The number of allylic oxidation sites excluding steroid dienone is 10. The average molecular weight is 411 g/mol. The Labute approximate surface area is 180 Å². The Bertz CT molecular complexity index is 759. The number of ketones is 1. The van der Waals surface area contributed by atoms with Crippen molar-refractivity contribution in [2.75, 3.05) is 0 Å². The van der Waals surface area contributed by atoms with Gasteiger partial charge in [-0.2, -0.15) is 0 Å². The Kier molecular flexibility index (Phi) is 13.2. The van der Waals surface area contributed by atoms with Gasteiger partial charge in [-0.3, -0.25) is 4.79 Å². The first kappa shape index (κ1) is 25.0. The van der Waals surface area contributed by atoms with E-state index in [1.165, 1.54) is 0 Å². The summed E-state index contributed by atoms with van der Waals surface area (Å²) in [6, 6.07) is 2.11. The van der Waals surface area contributed by atoms with Gasteiger partial charge in [-0.25, -0.2) is 0 Å². The first-order valence-electron chi connectivity index (χ1n) is 10.6. The number of carbonyl (C=O) groups excluding carboxylic acids is 1. The SMILES string of the molecule is CCC=CCC=CCC=CCC=CCC=CCCCC(=O)c1c(O)cc(O)cc1O. The van der Waals surface area contributed by atoms with E-state index < -0.39 is 11.5 Å². The van der Waals surface area contributed by atoms with E-state index in [-0.39, 0.29) is 23.5 Å². The summed E-state index contributed by atoms with van der Waals surface area (Å²) in [5.41, 5.74) is -0.128. The maximum Gasteiger partial charge on any atom is 0.170 e. The molecule has 0 saturated carbocycles. The molecule has 0 atom stereocenters. The van der Waals surface area contributed by atoms with Gasteiger partial charge in [0.05, 0.1) is 0 Å². The first-order valence-corrected chi connectivity index (χ1v) is 10.6. The van der Waals surface area contributed by atoms with E-state index in [1.807, 2.05) is 6.08 Å². The lowest BCUT2D eigenvalue weighted by molar-refractivity contribution is 0.0975. The molecule has 1 rings (SSSR count). The van der Waals surface area contributed by atoms with Crippen molar-refractivity contribution in [3.8, 4) is 17.2 Å². The predicted octanol–water partition coefficient (Wildman–Crippen LogP) is 6.91. The van der Waals surface area contributed by atoms with Gasteiger partial charge in [0.2, 0.25) is 0 Å². The number of rotatable bonds is 14. The summed E-state index contributed by atoms with van der Waals surface area (Å²) in [6.45, 7) is 2.13. The summed E-state index contributed by atoms with van der Waals surface area (Å²) in [5.74, 6) is -1.41. The van der Waals surface area contributed by atoms with Crippen LogP contribution in [0.4, 0.5) is 0 Å². The van der Waals surface area contributed by atoms with Crippen LogP contribution in [0.15, 0.2) is 72.9 Å². The Morgan fingerprint density at radius 2 is 1.17 bits per heavy atom. The van der Waals surface area contributed by atoms with Gasteiger partial charge in [-0.1, -0.05) is 67.7 Å². The number of aromatic hydroxyl groups is 3. The molecule has 30 heavy (non-hydrogen) atoms. The molecule has 4 nitrogen and oxygen atoms in total. The fourth-order valence-electron chi connectivity index (χ4n) is 2.76. The number of unbranched alkanes of at least 4 members (excludes halogenated alkanes) is 1. The topological polar surface area (TPSA) is 77.8 Å². The van der Waals surface area contributed by atoms with Gasteiger partial charge in [-0.05, 0) is 44.9 Å². The average Bonchev–Trinajstić information content (AvgIpc) is 2.69. The largest absolute Gasteiger partial charge is 0.508 e. The first-order chi connectivity index (χ1) is 14.6. The third kappa shape index (κ3) is 11.1. The number of phenolic OH excluding ortho intramolecular Hbond substituents is 3. The van der Waals surface area contributed by atoms with E-state index in [9.17, 15) is 20.1 Å². The van der Waals surface area contributed by atoms with Crippen LogP contribution in [0.2, 0.25) is 0 Å². The second-order valence-electron chi connectivity index (χ2n) is 6.88. The summed E-state index contributed by atoms with van der Waals surface area (Å²) in [7, 11) is 0. The van der Waals surface area contributed by atoms with E-state index in [2.05, 4.69) is 61.6 Å². The Balaban J connectivity index is 2.14. The summed E-state index contributed by atoms with van der Waals surface area (Å²) >= 11 is 0. The van der Waals surface area contributed by atoms with E-state index in [0.29, 0.717) is 6.42 Å². The normalized spacial score (nSPS) is 12.4. The van der Waals surface area contributed by atoms with Crippen molar-refractivity contribution in [1.29, 1.82) is 0 Å². The predicted molar refractivity (Wildman–Crippen MR) is 124 cm³/mol. The second kappa shape index (κ2) is 15.9. The van der Waals surface area contributed by atoms with Gasteiger partial charge < -0.3 is 15.3 Å². The van der Waals surface area contributed by atoms with E-state index in [1.54, 1.807) is 0 Å². The van der Waals surface area contributed by atoms with Crippen molar-refractivity contribution in [3.63, 3.8) is 0 Å². The molecular weight excluding hydrogens is 376 g/mol. The molecular formula is C26H34O4. The highest BCUT2D eigenvalue weighted by Gasteiger charge is 2.16. The molecule has 0 bridgehead atoms. The molecule has 0 spiro atoms. The lowest BCUT2D eigenvalue weighted by atomic mass is 10.0. The van der Waals surface area contributed by atoms with Crippen LogP contribution in [0.1, 0.15) is 68.6 Å². The van der Waals surface area contributed by atoms with Gasteiger partial charge in [0.25, 0.3) is 0 Å². The van der Waals surface area contributed by atoms with E-state index in [4.69, 9.17) is 0 Å². The number of hydrogen-bond donors (Lipinski definition) is 3. The minimum absolute atomic E-state index is 0.128. The zero-order chi connectivity index (χ0) is 22.0. The van der Waals surface area contributed by atoms with Crippen molar-refractivity contribution in [1.82, 2.24) is 0 Å². The van der Waals surface area contributed by atoms with Crippen molar-refractivity contribution < 1.29 is 20.1 Å².